The lowest BCUT2D eigenvalue weighted by atomic mass is 10.0. The van der Waals surface area contributed by atoms with Crippen molar-refractivity contribution in [3.8, 4) is 5.75 Å². The minimum absolute atomic E-state index is 0.00573. The third kappa shape index (κ3) is 16.4. The van der Waals surface area contributed by atoms with Crippen molar-refractivity contribution in [3.63, 3.8) is 0 Å². The van der Waals surface area contributed by atoms with Crippen LogP contribution in [0.4, 0.5) is 0 Å². The molecule has 0 aliphatic carbocycles. The maximum absolute atomic E-state index is 14.2. The summed E-state index contributed by atoms with van der Waals surface area (Å²) in [5, 5.41) is 35.4. The number of carbonyl (C=O) groups is 8. The molecule has 66 heavy (non-hydrogen) atoms. The number of rotatable bonds is 27. The quantitative estimate of drug-likeness (QED) is 0.0403. The van der Waals surface area contributed by atoms with Gasteiger partial charge < -0.3 is 58.6 Å². The van der Waals surface area contributed by atoms with Crippen molar-refractivity contribution >= 4 is 58.2 Å². The number of H-pyrrole nitrogens is 1. The Morgan fingerprint density at radius 3 is 1.79 bits per heavy atom. The first-order valence-electron chi connectivity index (χ1n) is 22.0. The molecule has 0 bridgehead atoms. The highest BCUT2D eigenvalue weighted by Crippen LogP contribution is 2.20. The van der Waals surface area contributed by atoms with E-state index in [9.17, 15) is 48.6 Å². The Morgan fingerprint density at radius 2 is 1.15 bits per heavy atom. The Morgan fingerprint density at radius 1 is 0.606 bits per heavy atom. The molecule has 6 atom stereocenters. The van der Waals surface area contributed by atoms with Crippen LogP contribution in [-0.4, -0.2) is 105 Å². The molecule has 0 aliphatic heterocycles. The van der Waals surface area contributed by atoms with Crippen molar-refractivity contribution < 1.29 is 48.6 Å². The summed E-state index contributed by atoms with van der Waals surface area (Å²) >= 11 is 0. The summed E-state index contributed by atoms with van der Waals surface area (Å²) in [6, 6.07) is 14.6. The molecular weight excluding hydrogens is 851 g/mol. The number of benzene rings is 3. The fourth-order valence-electron chi connectivity index (χ4n) is 7.15. The molecule has 0 spiro atoms. The summed E-state index contributed by atoms with van der Waals surface area (Å²) in [6.45, 7) is 3.18. The number of nitrogens with two attached hydrogens (primary N) is 2. The molecule has 0 saturated heterocycles. The highest BCUT2D eigenvalue weighted by atomic mass is 16.4. The van der Waals surface area contributed by atoms with Gasteiger partial charge in [-0.15, -0.1) is 0 Å². The second-order valence-electron chi connectivity index (χ2n) is 16.1. The van der Waals surface area contributed by atoms with E-state index < -0.39 is 96.5 Å². The van der Waals surface area contributed by atoms with Crippen LogP contribution < -0.4 is 43.4 Å². The zero-order valence-electron chi connectivity index (χ0n) is 37.1. The molecule has 19 heteroatoms. The number of carboxylic acid groups (broad SMARTS) is 1. The summed E-state index contributed by atoms with van der Waals surface area (Å²) < 4.78 is 0. The van der Waals surface area contributed by atoms with Crippen molar-refractivity contribution in [2.45, 2.75) is 114 Å². The third-order valence-corrected chi connectivity index (χ3v) is 10.8. The minimum atomic E-state index is -1.67. The lowest BCUT2D eigenvalue weighted by Crippen LogP contribution is -2.59. The van der Waals surface area contributed by atoms with Crippen LogP contribution in [0.2, 0.25) is 0 Å². The van der Waals surface area contributed by atoms with Gasteiger partial charge in [0.15, 0.2) is 0 Å². The number of primary amides is 1. The number of unbranched alkanes of at least 4 members (excludes halogenated alkanes) is 2. The first-order chi connectivity index (χ1) is 31.6. The van der Waals surface area contributed by atoms with E-state index >= 15 is 0 Å². The van der Waals surface area contributed by atoms with E-state index in [2.05, 4.69) is 36.9 Å². The van der Waals surface area contributed by atoms with Gasteiger partial charge in [-0.2, -0.15) is 0 Å². The van der Waals surface area contributed by atoms with Gasteiger partial charge >= 0.3 is 5.97 Å². The predicted octanol–water partition coefficient (Wildman–Crippen LogP) is 1.11. The van der Waals surface area contributed by atoms with E-state index in [1.54, 1.807) is 54.7 Å². The van der Waals surface area contributed by atoms with Gasteiger partial charge in [-0.05, 0) is 54.2 Å². The number of hydrogen-bond donors (Lipinski definition) is 11. The summed E-state index contributed by atoms with van der Waals surface area (Å²) in [5.74, 6) is -6.91. The average molecular weight is 912 g/mol. The van der Waals surface area contributed by atoms with Crippen molar-refractivity contribution in [3.05, 3.63) is 102 Å². The molecule has 4 rings (SSSR count). The lowest BCUT2D eigenvalue weighted by Gasteiger charge is -2.26. The van der Waals surface area contributed by atoms with Crippen LogP contribution >= 0.6 is 0 Å². The molecule has 0 aliphatic rings. The number of aromatic amines is 1. The molecule has 0 saturated carbocycles. The number of hydrogen-bond acceptors (Lipinski definition) is 10. The van der Waals surface area contributed by atoms with Crippen molar-refractivity contribution in [1.82, 2.24) is 36.9 Å². The van der Waals surface area contributed by atoms with Gasteiger partial charge in [0.2, 0.25) is 41.4 Å². The SMILES string of the molecule is CCCC[C@H](NC(=O)[C@H](Cc1c[nH]c2ccccc12)NC(=O)CNC(=O)[C@H](CCCC)NC(=O)[C@@H](N)Cc1ccc(O)cc1)C(=O)N[C@@H](CC(=O)O)C(=O)N[C@@H](Cc1ccccc1)C(N)=O. The van der Waals surface area contributed by atoms with E-state index in [1.165, 1.54) is 12.1 Å². The van der Waals surface area contributed by atoms with Crippen LogP contribution in [0.25, 0.3) is 10.9 Å². The lowest BCUT2D eigenvalue weighted by molar-refractivity contribution is -0.141. The standard InChI is InChI=1S/C47H61N9O10/c1-3-5-15-35(53-43(62)33(48)22-29-18-20-31(57)21-19-29)44(63)51-27-40(58)52-38(24-30-26-50-34-17-11-10-14-32(30)34)46(65)54-36(16-6-4-2)45(64)56-39(25-41(59)60)47(66)55-37(42(49)61)23-28-12-8-7-9-13-28/h7-14,17-21,26,33,35-39,50,57H,3-6,15-16,22-25,27,48H2,1-2H3,(H2,49,61)(H,51,63)(H,52,58)(H,53,62)(H,54,65)(H,55,66)(H,56,64)(H,59,60)/t33-,35-,36-,37-,38-,39-/m0/s1. The topological polar surface area (TPSA) is 317 Å². The summed E-state index contributed by atoms with van der Waals surface area (Å²) in [4.78, 5) is 109. The molecule has 7 amide bonds. The van der Waals surface area contributed by atoms with Gasteiger partial charge in [-0.3, -0.25) is 38.4 Å². The number of carboxylic acids is 1. The van der Waals surface area contributed by atoms with Crippen LogP contribution in [0.15, 0.2) is 85.1 Å². The zero-order valence-corrected chi connectivity index (χ0v) is 37.1. The number of phenolic OH excluding ortho intramolecular Hbond substituents is 1. The Kier molecular flexibility index (Phi) is 20.1. The molecule has 19 nitrogen and oxygen atoms in total. The maximum atomic E-state index is 14.2. The molecule has 3 aromatic carbocycles. The molecular formula is C47H61N9O10. The Bertz CT molecular complexity index is 2290. The van der Waals surface area contributed by atoms with Crippen LogP contribution in [0.3, 0.4) is 0 Å². The molecule has 0 fully saturated rings. The summed E-state index contributed by atoms with van der Waals surface area (Å²) in [6.07, 6.45) is 3.53. The van der Waals surface area contributed by atoms with Crippen LogP contribution in [0.1, 0.15) is 75.5 Å². The van der Waals surface area contributed by atoms with E-state index in [0.29, 0.717) is 42.4 Å². The van der Waals surface area contributed by atoms with Gasteiger partial charge in [0.05, 0.1) is 19.0 Å². The number of carbonyl (C=O) groups excluding carboxylic acids is 7. The van der Waals surface area contributed by atoms with Crippen molar-refractivity contribution in [2.24, 2.45) is 11.5 Å². The molecule has 13 N–H and O–H groups in total. The number of nitrogens with one attached hydrogen (secondary N) is 7. The summed E-state index contributed by atoms with van der Waals surface area (Å²) in [5.41, 5.74) is 14.5. The summed E-state index contributed by atoms with van der Waals surface area (Å²) in [7, 11) is 0. The molecule has 1 heterocycles. The zero-order chi connectivity index (χ0) is 48.2. The molecule has 0 unspecified atom stereocenters. The number of amides is 7. The highest BCUT2D eigenvalue weighted by Gasteiger charge is 2.33. The second kappa shape index (κ2) is 25.9. The third-order valence-electron chi connectivity index (χ3n) is 10.8. The number of aliphatic carboxylic acids is 1. The molecule has 1 aromatic heterocycles. The van der Waals surface area contributed by atoms with E-state index in [0.717, 1.165) is 10.9 Å². The number of fused-ring (bicyclic) bond motifs is 1. The van der Waals surface area contributed by atoms with Crippen molar-refractivity contribution in [2.75, 3.05) is 6.54 Å². The van der Waals surface area contributed by atoms with Crippen LogP contribution in [0, 0.1) is 0 Å². The normalized spacial score (nSPS) is 13.7. The first kappa shape index (κ1) is 51.4. The predicted molar refractivity (Wildman–Crippen MR) is 245 cm³/mol. The minimum Gasteiger partial charge on any atom is -0.508 e. The maximum Gasteiger partial charge on any atom is 0.305 e. The fraction of sp³-hybridized carbons (Fsp3) is 0.404. The number of para-hydroxylation sites is 1. The Labute approximate surface area is 382 Å². The number of phenols is 1. The molecule has 4 aromatic rings. The highest BCUT2D eigenvalue weighted by molar-refractivity contribution is 5.98. The van der Waals surface area contributed by atoms with E-state index in [4.69, 9.17) is 11.5 Å². The Hall–Kier alpha value is -7.28. The fourth-order valence-corrected chi connectivity index (χ4v) is 7.15. The van der Waals surface area contributed by atoms with Gasteiger partial charge in [0.25, 0.3) is 0 Å². The molecule has 354 valence electrons. The van der Waals surface area contributed by atoms with E-state index in [1.807, 2.05) is 32.0 Å². The van der Waals surface area contributed by atoms with Gasteiger partial charge in [0, 0.05) is 29.9 Å². The smallest absolute Gasteiger partial charge is 0.305 e. The number of aromatic hydroxyl groups is 1. The van der Waals surface area contributed by atoms with Crippen molar-refractivity contribution in [1.29, 1.82) is 0 Å². The second-order valence-corrected chi connectivity index (χ2v) is 16.1. The van der Waals surface area contributed by atoms with Crippen LogP contribution in [-0.2, 0) is 57.6 Å². The number of aromatic nitrogens is 1. The largest absolute Gasteiger partial charge is 0.508 e. The van der Waals surface area contributed by atoms with Gasteiger partial charge in [-0.1, -0.05) is 100 Å². The average Bonchev–Trinajstić information content (AvgIpc) is 3.70. The van der Waals surface area contributed by atoms with Gasteiger partial charge in [-0.25, -0.2) is 0 Å². The van der Waals surface area contributed by atoms with Crippen LogP contribution in [0.5, 0.6) is 5.75 Å². The monoisotopic (exact) mass is 911 g/mol. The first-order valence-corrected chi connectivity index (χ1v) is 22.0. The molecule has 0 radical (unpaired) electrons. The van der Waals surface area contributed by atoms with Gasteiger partial charge in [0.1, 0.15) is 36.0 Å². The Balaban J connectivity index is 1.49. The van der Waals surface area contributed by atoms with E-state index in [-0.39, 0.29) is 37.9 Å².